The average Bonchev–Trinajstić information content (AvgIpc) is 3.22. The molecule has 0 spiro atoms. The van der Waals surface area contributed by atoms with E-state index in [4.69, 9.17) is 14.2 Å². The summed E-state index contributed by atoms with van der Waals surface area (Å²) in [5.74, 6) is 3.17. The molecule has 6 nitrogen and oxygen atoms in total. The fourth-order valence-corrected chi connectivity index (χ4v) is 2.87. The molecule has 7 heteroatoms. The van der Waals surface area contributed by atoms with E-state index in [0.717, 1.165) is 29.8 Å². The van der Waals surface area contributed by atoms with E-state index in [-0.39, 0.29) is 30.8 Å². The average molecular weight is 447 g/mol. The minimum atomic E-state index is 0. The van der Waals surface area contributed by atoms with Crippen LogP contribution in [0.15, 0.2) is 23.2 Å². The van der Waals surface area contributed by atoms with Crippen LogP contribution >= 0.6 is 24.0 Å². The fraction of sp³-hybridized carbons (Fsp3) is 0.588. The second kappa shape index (κ2) is 9.80. The number of ether oxygens (including phenoxy) is 3. The largest absolute Gasteiger partial charge is 0.492 e. The summed E-state index contributed by atoms with van der Waals surface area (Å²) in [7, 11) is 0. The molecule has 0 unspecified atom stereocenters. The number of aliphatic imine (C=N–C) groups is 1. The number of hydrogen-bond acceptors (Lipinski definition) is 4. The van der Waals surface area contributed by atoms with E-state index < -0.39 is 0 Å². The summed E-state index contributed by atoms with van der Waals surface area (Å²) in [4.78, 5) is 4.58. The van der Waals surface area contributed by atoms with Gasteiger partial charge in [0.05, 0.1) is 6.54 Å². The quantitative estimate of drug-likeness (QED) is 0.304. The highest BCUT2D eigenvalue weighted by Gasteiger charge is 2.16. The number of hydrogen-bond donors (Lipinski definition) is 2. The van der Waals surface area contributed by atoms with Gasteiger partial charge in [0.2, 0.25) is 6.79 Å². The van der Waals surface area contributed by atoms with E-state index in [9.17, 15) is 0 Å². The van der Waals surface area contributed by atoms with E-state index in [0.29, 0.717) is 19.2 Å². The van der Waals surface area contributed by atoms with E-state index in [1.807, 2.05) is 18.2 Å². The molecule has 0 radical (unpaired) electrons. The fourth-order valence-electron chi connectivity index (χ4n) is 2.87. The molecule has 0 aromatic heterocycles. The van der Waals surface area contributed by atoms with Crippen molar-refractivity contribution in [3.8, 4) is 17.2 Å². The molecule has 1 aliphatic heterocycles. The lowest BCUT2D eigenvalue weighted by atomic mass is 10.2. The molecule has 1 heterocycles. The van der Waals surface area contributed by atoms with Crippen LogP contribution in [-0.2, 0) is 0 Å². The lowest BCUT2D eigenvalue weighted by Crippen LogP contribution is -2.42. The van der Waals surface area contributed by atoms with Gasteiger partial charge in [-0.3, -0.25) is 0 Å². The summed E-state index contributed by atoms with van der Waals surface area (Å²) < 4.78 is 16.4. The smallest absolute Gasteiger partial charge is 0.231 e. The van der Waals surface area contributed by atoms with Crippen molar-refractivity contribution in [2.45, 2.75) is 38.6 Å². The predicted molar refractivity (Wildman–Crippen MR) is 105 cm³/mol. The summed E-state index contributed by atoms with van der Waals surface area (Å²) in [6, 6.07) is 6.17. The lowest BCUT2D eigenvalue weighted by molar-refractivity contribution is 0.174. The zero-order chi connectivity index (χ0) is 15.9. The Morgan fingerprint density at radius 1 is 1.25 bits per heavy atom. The third-order valence-corrected chi connectivity index (χ3v) is 4.01. The summed E-state index contributed by atoms with van der Waals surface area (Å²) >= 11 is 0. The minimum Gasteiger partial charge on any atom is -0.492 e. The van der Waals surface area contributed by atoms with Gasteiger partial charge in [0.1, 0.15) is 12.4 Å². The van der Waals surface area contributed by atoms with Crippen LogP contribution in [0.4, 0.5) is 0 Å². The number of nitrogens with one attached hydrogen (secondary N) is 2. The SMILES string of the molecule is CCNC(=NCCOc1ccc2c(c1)OCO2)NC1CCCC1.I. The number of rotatable bonds is 6. The van der Waals surface area contributed by atoms with Gasteiger partial charge in [0.25, 0.3) is 0 Å². The first-order valence-corrected chi connectivity index (χ1v) is 8.42. The van der Waals surface area contributed by atoms with Gasteiger partial charge in [0, 0.05) is 18.7 Å². The molecule has 1 aromatic rings. The maximum atomic E-state index is 5.73. The summed E-state index contributed by atoms with van der Waals surface area (Å²) in [6.07, 6.45) is 5.09. The molecule has 0 atom stereocenters. The van der Waals surface area contributed by atoms with Crippen molar-refractivity contribution in [2.75, 3.05) is 26.5 Å². The Labute approximate surface area is 160 Å². The monoisotopic (exact) mass is 447 g/mol. The molecule has 2 aliphatic rings. The van der Waals surface area contributed by atoms with Crippen LogP contribution in [0.2, 0.25) is 0 Å². The highest BCUT2D eigenvalue weighted by Crippen LogP contribution is 2.34. The second-order valence-corrected chi connectivity index (χ2v) is 5.75. The zero-order valence-electron chi connectivity index (χ0n) is 14.0. The topological polar surface area (TPSA) is 64.1 Å². The van der Waals surface area contributed by atoms with Gasteiger partial charge in [-0.25, -0.2) is 4.99 Å². The van der Waals surface area contributed by atoms with Crippen LogP contribution in [0.25, 0.3) is 0 Å². The van der Waals surface area contributed by atoms with Gasteiger partial charge in [0.15, 0.2) is 17.5 Å². The molecule has 1 fully saturated rings. The highest BCUT2D eigenvalue weighted by atomic mass is 127. The maximum Gasteiger partial charge on any atom is 0.231 e. The van der Waals surface area contributed by atoms with E-state index in [1.165, 1.54) is 25.7 Å². The zero-order valence-corrected chi connectivity index (χ0v) is 16.4. The Bertz CT molecular complexity index is 548. The maximum absolute atomic E-state index is 5.73. The molecule has 3 rings (SSSR count). The summed E-state index contributed by atoms with van der Waals surface area (Å²) in [6.45, 7) is 4.36. The van der Waals surface area contributed by atoms with Crippen LogP contribution < -0.4 is 24.8 Å². The Balaban J connectivity index is 0.00000208. The van der Waals surface area contributed by atoms with Crippen LogP contribution in [0, 0.1) is 0 Å². The van der Waals surface area contributed by atoms with Crippen LogP contribution in [0.3, 0.4) is 0 Å². The van der Waals surface area contributed by atoms with Crippen molar-refractivity contribution in [1.29, 1.82) is 0 Å². The first kappa shape index (κ1) is 19.0. The predicted octanol–water partition coefficient (Wildman–Crippen LogP) is 2.91. The Kier molecular flexibility index (Phi) is 7.74. The van der Waals surface area contributed by atoms with Crippen LogP contribution in [0.1, 0.15) is 32.6 Å². The molecular weight excluding hydrogens is 421 g/mol. The van der Waals surface area contributed by atoms with Gasteiger partial charge >= 0.3 is 0 Å². The van der Waals surface area contributed by atoms with Gasteiger partial charge in [-0.1, -0.05) is 12.8 Å². The Morgan fingerprint density at radius 2 is 2.04 bits per heavy atom. The van der Waals surface area contributed by atoms with Crippen LogP contribution in [0.5, 0.6) is 17.2 Å². The summed E-state index contributed by atoms with van der Waals surface area (Å²) in [5.41, 5.74) is 0. The summed E-state index contributed by atoms with van der Waals surface area (Å²) in [5, 5.41) is 6.79. The number of guanidine groups is 1. The van der Waals surface area contributed by atoms with Crippen LogP contribution in [-0.4, -0.2) is 38.5 Å². The number of halogens is 1. The first-order valence-electron chi connectivity index (χ1n) is 8.42. The van der Waals surface area contributed by atoms with Crippen molar-refractivity contribution in [3.63, 3.8) is 0 Å². The van der Waals surface area contributed by atoms with E-state index in [1.54, 1.807) is 0 Å². The minimum absolute atomic E-state index is 0. The molecule has 1 saturated carbocycles. The molecule has 2 N–H and O–H groups in total. The molecule has 24 heavy (non-hydrogen) atoms. The van der Waals surface area contributed by atoms with Crippen molar-refractivity contribution >= 4 is 29.9 Å². The Hall–Kier alpha value is -1.38. The number of nitrogens with zero attached hydrogens (tertiary/aromatic N) is 1. The number of fused-ring (bicyclic) bond motifs is 1. The first-order chi connectivity index (χ1) is 11.3. The Morgan fingerprint density at radius 3 is 2.83 bits per heavy atom. The van der Waals surface area contributed by atoms with Gasteiger partial charge in [-0.05, 0) is 31.9 Å². The van der Waals surface area contributed by atoms with Gasteiger partial charge in [-0.2, -0.15) is 0 Å². The van der Waals surface area contributed by atoms with E-state index >= 15 is 0 Å². The number of benzene rings is 1. The van der Waals surface area contributed by atoms with Crippen molar-refractivity contribution < 1.29 is 14.2 Å². The second-order valence-electron chi connectivity index (χ2n) is 5.75. The third-order valence-electron chi connectivity index (χ3n) is 4.01. The molecule has 134 valence electrons. The molecule has 0 saturated heterocycles. The molecule has 1 aromatic carbocycles. The van der Waals surface area contributed by atoms with Crippen molar-refractivity contribution in [1.82, 2.24) is 10.6 Å². The van der Waals surface area contributed by atoms with Gasteiger partial charge in [-0.15, -0.1) is 24.0 Å². The molecule has 1 aliphatic carbocycles. The third kappa shape index (κ3) is 5.32. The highest BCUT2D eigenvalue weighted by molar-refractivity contribution is 14.0. The molecule has 0 amide bonds. The standard InChI is InChI=1S/C17H25N3O3.HI/c1-2-18-17(20-13-5-3-4-6-13)19-9-10-21-14-7-8-15-16(11-14)23-12-22-15;/h7-8,11,13H,2-6,9-10,12H2,1H3,(H2,18,19,20);1H. The van der Waals surface area contributed by atoms with E-state index in [2.05, 4.69) is 22.5 Å². The molecule has 0 bridgehead atoms. The normalized spacial score (nSPS) is 16.6. The van der Waals surface area contributed by atoms with Crippen molar-refractivity contribution in [2.24, 2.45) is 4.99 Å². The van der Waals surface area contributed by atoms with Crippen molar-refractivity contribution in [3.05, 3.63) is 18.2 Å². The van der Waals surface area contributed by atoms with Gasteiger partial charge < -0.3 is 24.8 Å². The molecular formula is C17H26IN3O3. The lowest BCUT2D eigenvalue weighted by Gasteiger charge is -2.16.